The maximum absolute atomic E-state index is 13.3. The van der Waals surface area contributed by atoms with Gasteiger partial charge >= 0.3 is 6.09 Å². The molecule has 1 unspecified atom stereocenters. The minimum absolute atomic E-state index is 0.0105. The number of anilines is 3. The summed E-state index contributed by atoms with van der Waals surface area (Å²) in [5.74, 6) is 0.0272. The molecule has 3 aliphatic heterocycles. The Kier molecular flexibility index (Phi) is 6.34. The number of fused-ring (bicyclic) bond motifs is 1. The minimum atomic E-state index is -0.310. The van der Waals surface area contributed by atoms with Gasteiger partial charge in [0, 0.05) is 44.0 Å². The highest BCUT2D eigenvalue weighted by Crippen LogP contribution is 2.28. The number of methoxy groups -OCH3 is 1. The summed E-state index contributed by atoms with van der Waals surface area (Å²) in [5.41, 5.74) is 8.08. The monoisotopic (exact) mass is 518 g/mol. The molecule has 0 radical (unpaired) electrons. The maximum Gasteiger partial charge on any atom is 0.409 e. The number of ether oxygens (including phenoxy) is 2. The molecule has 2 amide bonds. The molecule has 1 aromatic carbocycles. The maximum atomic E-state index is 13.3. The molecule has 5 heterocycles. The van der Waals surface area contributed by atoms with Crippen LogP contribution in [0.3, 0.4) is 0 Å². The summed E-state index contributed by atoms with van der Waals surface area (Å²) in [7, 11) is 1.39. The van der Waals surface area contributed by atoms with E-state index >= 15 is 0 Å². The first-order valence-corrected chi connectivity index (χ1v) is 12.7. The predicted octanol–water partition coefficient (Wildman–Crippen LogP) is 2.11. The smallest absolute Gasteiger partial charge is 0.409 e. The van der Waals surface area contributed by atoms with Crippen LogP contribution in [0.4, 0.5) is 21.9 Å². The predicted molar refractivity (Wildman–Crippen MR) is 143 cm³/mol. The molecule has 12 nitrogen and oxygen atoms in total. The third-order valence-corrected chi connectivity index (χ3v) is 7.30. The van der Waals surface area contributed by atoms with Crippen LogP contribution in [0.25, 0.3) is 5.52 Å². The van der Waals surface area contributed by atoms with Gasteiger partial charge in [0.25, 0.3) is 5.91 Å². The van der Waals surface area contributed by atoms with Crippen LogP contribution in [0.2, 0.25) is 0 Å². The molecule has 0 aliphatic carbocycles. The Morgan fingerprint density at radius 1 is 1.13 bits per heavy atom. The largest absolute Gasteiger partial charge is 0.453 e. The molecule has 2 fully saturated rings. The number of aryl methyl sites for hydroxylation is 1. The Hall–Kier alpha value is -4.16. The van der Waals surface area contributed by atoms with Gasteiger partial charge in [0.2, 0.25) is 0 Å². The van der Waals surface area contributed by atoms with Gasteiger partial charge in [0.15, 0.2) is 0 Å². The van der Waals surface area contributed by atoms with Crippen LogP contribution in [0.1, 0.15) is 15.9 Å². The van der Waals surface area contributed by atoms with E-state index in [-0.39, 0.29) is 24.0 Å². The number of pyridine rings is 1. The number of aromatic nitrogens is 2. The van der Waals surface area contributed by atoms with E-state index in [9.17, 15) is 9.59 Å². The summed E-state index contributed by atoms with van der Waals surface area (Å²) in [6.45, 7) is 6.26. The van der Waals surface area contributed by atoms with E-state index in [1.165, 1.54) is 7.11 Å². The molecular formula is C26H30N8O4. The molecule has 2 saturated heterocycles. The third kappa shape index (κ3) is 4.52. The SMILES string of the molecule is COC(=O)N1CC(C2C=NN(c3ccc(C)c(NC(=O)c4cnn5cc(N6CCOCC6)ccc45)c3)N2)C1. The topological polar surface area (TPSA) is 116 Å². The van der Waals surface area contributed by atoms with E-state index in [4.69, 9.17) is 9.47 Å². The third-order valence-electron chi connectivity index (χ3n) is 7.30. The molecule has 2 aromatic heterocycles. The van der Waals surface area contributed by atoms with E-state index in [1.54, 1.807) is 20.7 Å². The highest BCUT2D eigenvalue weighted by atomic mass is 16.5. The summed E-state index contributed by atoms with van der Waals surface area (Å²) in [6.07, 6.45) is 5.08. The second-order valence-corrected chi connectivity index (χ2v) is 9.69. The highest BCUT2D eigenvalue weighted by molar-refractivity contribution is 6.09. The second-order valence-electron chi connectivity index (χ2n) is 9.69. The Balaban J connectivity index is 1.13. The Bertz CT molecular complexity index is 1390. The van der Waals surface area contributed by atoms with Gasteiger partial charge in [-0.2, -0.15) is 15.3 Å². The number of benzene rings is 1. The number of likely N-dealkylation sites (tertiary alicyclic amines) is 1. The van der Waals surface area contributed by atoms with E-state index in [1.807, 2.05) is 49.7 Å². The van der Waals surface area contributed by atoms with Crippen molar-refractivity contribution in [1.82, 2.24) is 19.9 Å². The number of carbonyl (C=O) groups excluding carboxylic acids is 2. The van der Waals surface area contributed by atoms with Gasteiger partial charge in [-0.1, -0.05) is 6.07 Å². The number of nitrogens with one attached hydrogen (secondary N) is 2. The summed E-state index contributed by atoms with van der Waals surface area (Å²) in [6, 6.07) is 9.75. The molecule has 0 bridgehead atoms. The molecule has 0 saturated carbocycles. The molecule has 0 spiro atoms. The molecule has 12 heteroatoms. The number of morpholine rings is 1. The average Bonchev–Trinajstić information content (AvgIpc) is 3.57. The van der Waals surface area contributed by atoms with Crippen LogP contribution in [-0.2, 0) is 9.47 Å². The molecule has 3 aromatic rings. The van der Waals surface area contributed by atoms with Crippen LogP contribution in [0, 0.1) is 12.8 Å². The fourth-order valence-electron chi connectivity index (χ4n) is 4.96. The molecule has 3 aliphatic rings. The minimum Gasteiger partial charge on any atom is -0.453 e. The number of hydrogen-bond acceptors (Lipinski definition) is 9. The number of amides is 2. The zero-order valence-corrected chi connectivity index (χ0v) is 21.3. The van der Waals surface area contributed by atoms with Crippen molar-refractivity contribution in [2.75, 3.05) is 61.8 Å². The van der Waals surface area contributed by atoms with Gasteiger partial charge < -0.3 is 24.6 Å². The second kappa shape index (κ2) is 9.95. The fourth-order valence-corrected chi connectivity index (χ4v) is 4.96. The van der Waals surface area contributed by atoms with Crippen molar-refractivity contribution in [2.45, 2.75) is 13.0 Å². The lowest BCUT2D eigenvalue weighted by Crippen LogP contribution is -2.58. The van der Waals surface area contributed by atoms with E-state index < -0.39 is 0 Å². The normalized spacial score (nSPS) is 19.6. The standard InChI is InChI=1S/C26H30N8O4/c1-17-3-4-19(34-28-13-23(30-34)18-14-32(15-18)26(36)37-2)11-22(17)29-25(35)21-12-27-33-16-20(5-6-24(21)33)31-7-9-38-10-8-31/h3-6,11-13,16,18,23,30H,7-10,14-15H2,1-2H3,(H,29,35). The number of hydrogen-bond donors (Lipinski definition) is 2. The molecule has 1 atom stereocenters. The molecule has 6 rings (SSSR count). The lowest BCUT2D eigenvalue weighted by atomic mass is 9.93. The quantitative estimate of drug-likeness (QED) is 0.528. The van der Waals surface area contributed by atoms with Crippen LogP contribution < -0.4 is 20.8 Å². The van der Waals surface area contributed by atoms with Crippen molar-refractivity contribution in [3.8, 4) is 0 Å². The number of rotatable bonds is 5. The van der Waals surface area contributed by atoms with Crippen LogP contribution in [0.15, 0.2) is 47.8 Å². The first-order valence-electron chi connectivity index (χ1n) is 12.7. The lowest BCUT2D eigenvalue weighted by molar-refractivity contribution is 0.0627. The Morgan fingerprint density at radius 2 is 1.92 bits per heavy atom. The first kappa shape index (κ1) is 24.2. The van der Waals surface area contributed by atoms with Crippen LogP contribution in [-0.4, -0.2) is 85.3 Å². The van der Waals surface area contributed by atoms with Gasteiger partial charge in [-0.25, -0.2) is 14.7 Å². The fraction of sp³-hybridized carbons (Fsp3) is 0.385. The number of nitrogens with zero attached hydrogens (tertiary/aromatic N) is 6. The van der Waals surface area contributed by atoms with E-state index in [2.05, 4.69) is 25.8 Å². The van der Waals surface area contributed by atoms with Gasteiger partial charge in [-0.3, -0.25) is 4.79 Å². The van der Waals surface area contributed by atoms with Crippen molar-refractivity contribution >= 4 is 40.8 Å². The van der Waals surface area contributed by atoms with Crippen molar-refractivity contribution in [1.29, 1.82) is 0 Å². The summed E-state index contributed by atoms with van der Waals surface area (Å²) >= 11 is 0. The highest BCUT2D eigenvalue weighted by Gasteiger charge is 2.38. The van der Waals surface area contributed by atoms with Gasteiger partial charge in [0.1, 0.15) is 0 Å². The van der Waals surface area contributed by atoms with Crippen LogP contribution >= 0.6 is 0 Å². The molecule has 2 N–H and O–H groups in total. The van der Waals surface area contributed by atoms with Gasteiger partial charge in [0.05, 0.1) is 61.2 Å². The molecule has 198 valence electrons. The number of hydrazine groups is 1. The average molecular weight is 519 g/mol. The summed E-state index contributed by atoms with van der Waals surface area (Å²) in [4.78, 5) is 28.8. The van der Waals surface area contributed by atoms with Crippen LogP contribution in [0.5, 0.6) is 0 Å². The zero-order chi connectivity index (χ0) is 26.2. The number of hydrazone groups is 1. The van der Waals surface area contributed by atoms with Crippen molar-refractivity contribution in [2.24, 2.45) is 11.0 Å². The first-order chi connectivity index (χ1) is 18.5. The zero-order valence-electron chi connectivity index (χ0n) is 21.3. The Labute approximate surface area is 219 Å². The van der Waals surface area contributed by atoms with Crippen molar-refractivity contribution in [3.63, 3.8) is 0 Å². The van der Waals surface area contributed by atoms with Gasteiger partial charge in [-0.05, 0) is 36.8 Å². The molecular weight excluding hydrogens is 488 g/mol. The summed E-state index contributed by atoms with van der Waals surface area (Å²) in [5, 5.41) is 13.7. The number of carbonyl (C=O) groups is 2. The van der Waals surface area contributed by atoms with Crippen molar-refractivity contribution < 1.29 is 19.1 Å². The van der Waals surface area contributed by atoms with Gasteiger partial charge in [-0.15, -0.1) is 0 Å². The van der Waals surface area contributed by atoms with Crippen molar-refractivity contribution in [3.05, 3.63) is 53.9 Å². The lowest BCUT2D eigenvalue weighted by Gasteiger charge is -2.40. The van der Waals surface area contributed by atoms with E-state index in [0.29, 0.717) is 37.6 Å². The Morgan fingerprint density at radius 3 is 2.71 bits per heavy atom. The molecule has 38 heavy (non-hydrogen) atoms. The summed E-state index contributed by atoms with van der Waals surface area (Å²) < 4.78 is 12.0. The van der Waals surface area contributed by atoms with E-state index in [0.717, 1.165) is 35.5 Å².